The van der Waals surface area contributed by atoms with Crippen LogP contribution in [0.2, 0.25) is 0 Å². The zero-order chi connectivity index (χ0) is 16.2. The maximum absolute atomic E-state index is 5.89. The van der Waals surface area contributed by atoms with Gasteiger partial charge >= 0.3 is 0 Å². The molecule has 0 atom stereocenters. The van der Waals surface area contributed by atoms with Crippen LogP contribution in [0.5, 0.6) is 5.75 Å². The minimum atomic E-state index is 0.420. The Morgan fingerprint density at radius 3 is 2.65 bits per heavy atom. The molecule has 120 valence electrons. The fourth-order valence-electron chi connectivity index (χ4n) is 2.54. The second kappa shape index (κ2) is 6.79. The number of imidazole rings is 1. The highest BCUT2D eigenvalue weighted by Gasteiger charge is 2.12. The Morgan fingerprint density at radius 2 is 1.91 bits per heavy atom. The molecule has 0 aliphatic rings. The molecular formula is C18H22N4O. The van der Waals surface area contributed by atoms with Crippen LogP contribution in [0.4, 0.5) is 0 Å². The fraction of sp³-hybridized carbons (Fsp3) is 0.333. The van der Waals surface area contributed by atoms with Crippen LogP contribution in [0.3, 0.4) is 0 Å². The third-order valence-corrected chi connectivity index (χ3v) is 3.78. The molecule has 0 saturated carbocycles. The molecule has 23 heavy (non-hydrogen) atoms. The summed E-state index contributed by atoms with van der Waals surface area (Å²) in [5.41, 5.74) is 9.78. The van der Waals surface area contributed by atoms with Crippen LogP contribution in [-0.2, 0) is 13.2 Å². The van der Waals surface area contributed by atoms with E-state index in [1.54, 1.807) is 0 Å². The van der Waals surface area contributed by atoms with Crippen molar-refractivity contribution in [2.45, 2.75) is 33.4 Å². The lowest BCUT2D eigenvalue weighted by Gasteiger charge is -2.09. The van der Waals surface area contributed by atoms with Crippen LogP contribution in [0, 0.1) is 13.8 Å². The average Bonchev–Trinajstić information content (AvgIpc) is 2.89. The Kier molecular flexibility index (Phi) is 4.57. The van der Waals surface area contributed by atoms with E-state index in [1.807, 2.05) is 37.4 Å². The van der Waals surface area contributed by atoms with E-state index in [2.05, 4.69) is 22.5 Å². The number of aryl methyl sites for hydroxylation is 3. The molecule has 0 fully saturated rings. The van der Waals surface area contributed by atoms with Gasteiger partial charge in [-0.2, -0.15) is 0 Å². The summed E-state index contributed by atoms with van der Waals surface area (Å²) in [6.45, 7) is 5.94. The number of pyridine rings is 1. The molecule has 2 aromatic heterocycles. The summed E-state index contributed by atoms with van der Waals surface area (Å²) in [6, 6.07) is 10.1. The minimum absolute atomic E-state index is 0.420. The van der Waals surface area contributed by atoms with Crippen molar-refractivity contribution in [2.75, 3.05) is 6.54 Å². The maximum atomic E-state index is 5.89. The highest BCUT2D eigenvalue weighted by Crippen LogP contribution is 2.18. The first-order valence-corrected chi connectivity index (χ1v) is 7.88. The molecule has 0 bridgehead atoms. The second-order valence-electron chi connectivity index (χ2n) is 5.78. The van der Waals surface area contributed by atoms with Gasteiger partial charge in [0.25, 0.3) is 0 Å². The van der Waals surface area contributed by atoms with Gasteiger partial charge < -0.3 is 15.0 Å². The molecule has 3 aromatic rings. The first-order valence-electron chi connectivity index (χ1n) is 7.88. The van der Waals surface area contributed by atoms with Gasteiger partial charge in [0, 0.05) is 12.7 Å². The molecule has 5 nitrogen and oxygen atoms in total. The minimum Gasteiger partial charge on any atom is -0.486 e. The molecule has 2 heterocycles. The molecule has 0 spiro atoms. The van der Waals surface area contributed by atoms with E-state index in [0.29, 0.717) is 13.2 Å². The van der Waals surface area contributed by atoms with Crippen LogP contribution in [0.1, 0.15) is 23.4 Å². The first kappa shape index (κ1) is 15.5. The Labute approximate surface area is 136 Å². The predicted molar refractivity (Wildman–Crippen MR) is 91.4 cm³/mol. The zero-order valence-electron chi connectivity index (χ0n) is 13.6. The third kappa shape index (κ3) is 3.51. The van der Waals surface area contributed by atoms with Crippen molar-refractivity contribution in [3.8, 4) is 5.75 Å². The highest BCUT2D eigenvalue weighted by atomic mass is 16.5. The normalized spacial score (nSPS) is 11.1. The zero-order valence-corrected chi connectivity index (χ0v) is 13.6. The summed E-state index contributed by atoms with van der Waals surface area (Å²) in [4.78, 5) is 9.22. The van der Waals surface area contributed by atoms with Gasteiger partial charge in [0.15, 0.2) is 5.65 Å². The van der Waals surface area contributed by atoms with E-state index in [1.165, 1.54) is 5.56 Å². The Hall–Kier alpha value is -2.40. The molecular weight excluding hydrogens is 288 g/mol. The summed E-state index contributed by atoms with van der Waals surface area (Å²) < 4.78 is 7.99. The van der Waals surface area contributed by atoms with Crippen molar-refractivity contribution in [3.63, 3.8) is 0 Å². The molecule has 0 amide bonds. The van der Waals surface area contributed by atoms with Crippen LogP contribution >= 0.6 is 0 Å². The number of nitrogens with zero attached hydrogens (tertiary/aromatic N) is 3. The Morgan fingerprint density at radius 1 is 1.13 bits per heavy atom. The van der Waals surface area contributed by atoms with Crippen molar-refractivity contribution < 1.29 is 4.74 Å². The van der Waals surface area contributed by atoms with Crippen LogP contribution in [0.15, 0.2) is 36.5 Å². The summed E-state index contributed by atoms with van der Waals surface area (Å²) in [5.74, 6) is 1.73. The molecule has 0 aliphatic carbocycles. The summed E-state index contributed by atoms with van der Waals surface area (Å²) in [5, 5.41) is 0. The summed E-state index contributed by atoms with van der Waals surface area (Å²) in [7, 11) is 0. The van der Waals surface area contributed by atoms with Gasteiger partial charge in [0.2, 0.25) is 0 Å². The monoisotopic (exact) mass is 310 g/mol. The van der Waals surface area contributed by atoms with E-state index in [0.717, 1.165) is 41.3 Å². The van der Waals surface area contributed by atoms with E-state index < -0.39 is 0 Å². The standard InChI is InChI=1S/C18H22N4O/c1-13-4-6-15(7-5-13)23-12-17-21-16-10-14(2)11-20-18(16)22(17)9-3-8-19/h4-7,10-11H,3,8-9,12,19H2,1-2H3. The SMILES string of the molecule is Cc1ccc(OCc2nc3cc(C)cnc3n2CCCN)cc1. The molecule has 1 aromatic carbocycles. The highest BCUT2D eigenvalue weighted by molar-refractivity contribution is 5.72. The number of aromatic nitrogens is 3. The summed E-state index contributed by atoms with van der Waals surface area (Å²) in [6.07, 6.45) is 2.76. The molecule has 0 saturated heterocycles. The van der Waals surface area contributed by atoms with E-state index >= 15 is 0 Å². The number of hydrogen-bond acceptors (Lipinski definition) is 4. The van der Waals surface area contributed by atoms with Crippen LogP contribution in [-0.4, -0.2) is 21.1 Å². The van der Waals surface area contributed by atoms with Crippen LogP contribution < -0.4 is 10.5 Å². The van der Waals surface area contributed by atoms with Crippen LogP contribution in [0.25, 0.3) is 11.2 Å². The lowest BCUT2D eigenvalue weighted by molar-refractivity contribution is 0.289. The van der Waals surface area contributed by atoms with Gasteiger partial charge in [0.05, 0.1) is 0 Å². The maximum Gasteiger partial charge on any atom is 0.160 e. The van der Waals surface area contributed by atoms with Gasteiger partial charge in [-0.1, -0.05) is 17.7 Å². The molecule has 3 rings (SSSR count). The number of nitrogens with two attached hydrogens (primary N) is 1. The predicted octanol–water partition coefficient (Wildman–Crippen LogP) is 2.98. The Balaban J connectivity index is 1.87. The lowest BCUT2D eigenvalue weighted by Crippen LogP contribution is -2.11. The molecule has 5 heteroatoms. The van der Waals surface area contributed by atoms with Crippen molar-refractivity contribution in [1.29, 1.82) is 0 Å². The smallest absolute Gasteiger partial charge is 0.160 e. The fourth-order valence-corrected chi connectivity index (χ4v) is 2.54. The number of benzene rings is 1. The topological polar surface area (TPSA) is 66.0 Å². The molecule has 2 N–H and O–H groups in total. The number of rotatable bonds is 6. The molecule has 0 unspecified atom stereocenters. The van der Waals surface area contributed by atoms with Gasteiger partial charge in [-0.05, 0) is 50.6 Å². The van der Waals surface area contributed by atoms with E-state index in [9.17, 15) is 0 Å². The van der Waals surface area contributed by atoms with E-state index in [-0.39, 0.29) is 0 Å². The van der Waals surface area contributed by atoms with Crippen molar-refractivity contribution in [3.05, 3.63) is 53.5 Å². The Bertz CT molecular complexity index is 793. The van der Waals surface area contributed by atoms with Gasteiger partial charge in [-0.15, -0.1) is 0 Å². The second-order valence-corrected chi connectivity index (χ2v) is 5.78. The van der Waals surface area contributed by atoms with Crippen molar-refractivity contribution >= 4 is 11.2 Å². The lowest BCUT2D eigenvalue weighted by atomic mass is 10.2. The van der Waals surface area contributed by atoms with Crippen molar-refractivity contribution in [2.24, 2.45) is 5.73 Å². The van der Waals surface area contributed by atoms with E-state index in [4.69, 9.17) is 15.5 Å². The van der Waals surface area contributed by atoms with Gasteiger partial charge in [-0.3, -0.25) is 0 Å². The quantitative estimate of drug-likeness (QED) is 0.760. The summed E-state index contributed by atoms with van der Waals surface area (Å²) >= 11 is 0. The molecule has 0 aliphatic heterocycles. The number of ether oxygens (including phenoxy) is 1. The third-order valence-electron chi connectivity index (χ3n) is 3.78. The first-order chi connectivity index (χ1) is 11.2. The number of fused-ring (bicyclic) bond motifs is 1. The van der Waals surface area contributed by atoms with Gasteiger partial charge in [-0.25, -0.2) is 9.97 Å². The average molecular weight is 310 g/mol. The largest absolute Gasteiger partial charge is 0.486 e. The molecule has 0 radical (unpaired) electrons. The van der Waals surface area contributed by atoms with Crippen molar-refractivity contribution in [1.82, 2.24) is 14.5 Å². The van der Waals surface area contributed by atoms with Gasteiger partial charge in [0.1, 0.15) is 23.7 Å². The number of hydrogen-bond donors (Lipinski definition) is 1.